The molecule has 0 spiro atoms. The van der Waals surface area contributed by atoms with Crippen molar-refractivity contribution in [3.63, 3.8) is 0 Å². The third-order valence-electron chi connectivity index (χ3n) is 1.25. The molecule has 0 atom stereocenters. The van der Waals surface area contributed by atoms with E-state index in [1.165, 1.54) is 0 Å². The molecular weight excluding hydrogens is 148 g/mol. The fourth-order valence-electron chi connectivity index (χ4n) is 0.690. The molecule has 0 bridgehead atoms. The SMILES string of the molecule is C=C(CCl)c1ccc(C)o1. The second-order valence-corrected chi connectivity index (χ2v) is 2.41. The Morgan fingerprint density at radius 3 is 2.80 bits per heavy atom. The van der Waals surface area contributed by atoms with Crippen molar-refractivity contribution in [3.8, 4) is 0 Å². The van der Waals surface area contributed by atoms with Gasteiger partial charge >= 0.3 is 0 Å². The first-order valence-electron chi connectivity index (χ1n) is 3.04. The zero-order valence-electron chi connectivity index (χ0n) is 5.86. The van der Waals surface area contributed by atoms with Gasteiger partial charge in [-0.2, -0.15) is 0 Å². The third kappa shape index (κ3) is 1.42. The average Bonchev–Trinajstić information content (AvgIpc) is 2.34. The van der Waals surface area contributed by atoms with E-state index in [2.05, 4.69) is 6.58 Å². The Balaban J connectivity index is 2.85. The highest BCUT2D eigenvalue weighted by Crippen LogP contribution is 2.16. The summed E-state index contributed by atoms with van der Waals surface area (Å²) in [7, 11) is 0. The lowest BCUT2D eigenvalue weighted by Crippen LogP contribution is -1.77. The van der Waals surface area contributed by atoms with Gasteiger partial charge in [-0.1, -0.05) is 6.58 Å². The van der Waals surface area contributed by atoms with Crippen molar-refractivity contribution in [2.75, 3.05) is 5.88 Å². The van der Waals surface area contributed by atoms with Gasteiger partial charge in [-0.3, -0.25) is 0 Å². The molecule has 1 nitrogen and oxygen atoms in total. The zero-order chi connectivity index (χ0) is 7.56. The lowest BCUT2D eigenvalue weighted by molar-refractivity contribution is 0.521. The van der Waals surface area contributed by atoms with E-state index in [0.717, 1.165) is 17.1 Å². The fraction of sp³-hybridized carbons (Fsp3) is 0.250. The summed E-state index contributed by atoms with van der Waals surface area (Å²) in [5.74, 6) is 2.10. The van der Waals surface area contributed by atoms with Crippen LogP contribution in [0.3, 0.4) is 0 Å². The largest absolute Gasteiger partial charge is 0.462 e. The Morgan fingerprint density at radius 2 is 2.40 bits per heavy atom. The van der Waals surface area contributed by atoms with Crippen LogP contribution in [0, 0.1) is 6.92 Å². The van der Waals surface area contributed by atoms with Gasteiger partial charge in [-0.15, -0.1) is 11.6 Å². The summed E-state index contributed by atoms with van der Waals surface area (Å²) in [5, 5.41) is 0. The van der Waals surface area contributed by atoms with E-state index in [1.54, 1.807) is 0 Å². The maximum atomic E-state index is 5.54. The second kappa shape index (κ2) is 2.93. The van der Waals surface area contributed by atoms with E-state index in [1.807, 2.05) is 19.1 Å². The fourth-order valence-corrected chi connectivity index (χ4v) is 0.822. The maximum Gasteiger partial charge on any atom is 0.130 e. The van der Waals surface area contributed by atoms with Crippen LogP contribution in [0.5, 0.6) is 0 Å². The molecule has 0 aliphatic carbocycles. The molecule has 1 aromatic rings. The Kier molecular flexibility index (Phi) is 2.17. The van der Waals surface area contributed by atoms with E-state index < -0.39 is 0 Å². The van der Waals surface area contributed by atoms with Crippen LogP contribution in [0.2, 0.25) is 0 Å². The smallest absolute Gasteiger partial charge is 0.130 e. The predicted molar refractivity (Wildman–Crippen MR) is 43.2 cm³/mol. The molecule has 1 heterocycles. The number of hydrogen-bond donors (Lipinski definition) is 0. The molecule has 0 aliphatic rings. The Labute approximate surface area is 65.3 Å². The average molecular weight is 157 g/mol. The number of rotatable bonds is 2. The number of allylic oxidation sites excluding steroid dienone is 1. The van der Waals surface area contributed by atoms with Crippen molar-refractivity contribution in [2.45, 2.75) is 6.92 Å². The van der Waals surface area contributed by atoms with Crippen LogP contribution >= 0.6 is 11.6 Å². The molecule has 0 saturated heterocycles. The second-order valence-electron chi connectivity index (χ2n) is 2.15. The number of aryl methyl sites for hydroxylation is 1. The summed E-state index contributed by atoms with van der Waals surface area (Å²) in [6.45, 7) is 5.62. The van der Waals surface area contributed by atoms with Gasteiger partial charge in [-0.05, 0) is 19.1 Å². The van der Waals surface area contributed by atoms with Gasteiger partial charge in [-0.25, -0.2) is 0 Å². The number of hydrogen-bond acceptors (Lipinski definition) is 1. The summed E-state index contributed by atoms with van der Waals surface area (Å²) < 4.78 is 5.25. The van der Waals surface area contributed by atoms with Crippen molar-refractivity contribution in [2.24, 2.45) is 0 Å². The Hall–Kier alpha value is -0.690. The van der Waals surface area contributed by atoms with Crippen molar-refractivity contribution < 1.29 is 4.42 Å². The van der Waals surface area contributed by atoms with Gasteiger partial charge in [0.05, 0.1) is 5.88 Å². The molecule has 0 radical (unpaired) electrons. The van der Waals surface area contributed by atoms with Crippen molar-refractivity contribution >= 4 is 17.2 Å². The molecule has 0 fully saturated rings. The van der Waals surface area contributed by atoms with Crippen LogP contribution < -0.4 is 0 Å². The topological polar surface area (TPSA) is 13.1 Å². The molecule has 0 amide bonds. The van der Waals surface area contributed by atoms with Crippen LogP contribution in [0.4, 0.5) is 0 Å². The maximum absolute atomic E-state index is 5.54. The summed E-state index contributed by atoms with van der Waals surface area (Å²) in [5.41, 5.74) is 0.828. The minimum absolute atomic E-state index is 0.424. The molecule has 0 aromatic carbocycles. The van der Waals surface area contributed by atoms with Gasteiger partial charge in [0.2, 0.25) is 0 Å². The third-order valence-corrected chi connectivity index (χ3v) is 1.57. The monoisotopic (exact) mass is 156 g/mol. The first-order valence-corrected chi connectivity index (χ1v) is 3.58. The molecule has 0 saturated carbocycles. The summed E-state index contributed by atoms with van der Waals surface area (Å²) in [6.07, 6.45) is 0. The molecule has 0 N–H and O–H groups in total. The van der Waals surface area contributed by atoms with Crippen LogP contribution in [0.1, 0.15) is 11.5 Å². The quantitative estimate of drug-likeness (QED) is 0.601. The highest BCUT2D eigenvalue weighted by atomic mass is 35.5. The van der Waals surface area contributed by atoms with Crippen molar-refractivity contribution in [1.29, 1.82) is 0 Å². The van der Waals surface area contributed by atoms with E-state index in [-0.39, 0.29) is 0 Å². The van der Waals surface area contributed by atoms with E-state index in [9.17, 15) is 0 Å². The lowest BCUT2D eigenvalue weighted by Gasteiger charge is -1.92. The standard InChI is InChI=1S/C8H9ClO/c1-6(5-9)8-4-3-7(2)10-8/h3-4H,1,5H2,2H3. The van der Waals surface area contributed by atoms with E-state index in [4.69, 9.17) is 16.0 Å². The number of alkyl halides is 1. The molecule has 0 aliphatic heterocycles. The molecular formula is C8H9ClO. The van der Waals surface area contributed by atoms with Gasteiger partial charge < -0.3 is 4.42 Å². The summed E-state index contributed by atoms with van der Waals surface area (Å²) >= 11 is 5.54. The number of furan rings is 1. The number of halogens is 1. The van der Waals surface area contributed by atoms with Gasteiger partial charge in [0.25, 0.3) is 0 Å². The molecule has 2 heteroatoms. The molecule has 1 aromatic heterocycles. The summed E-state index contributed by atoms with van der Waals surface area (Å²) in [4.78, 5) is 0. The summed E-state index contributed by atoms with van der Waals surface area (Å²) in [6, 6.07) is 3.77. The van der Waals surface area contributed by atoms with Crippen LogP contribution in [-0.4, -0.2) is 5.88 Å². The Morgan fingerprint density at radius 1 is 1.70 bits per heavy atom. The van der Waals surface area contributed by atoms with Gasteiger partial charge in [0, 0.05) is 5.57 Å². The molecule has 1 rings (SSSR count). The first kappa shape index (κ1) is 7.42. The van der Waals surface area contributed by atoms with Gasteiger partial charge in [0.15, 0.2) is 0 Å². The molecule has 0 unspecified atom stereocenters. The highest BCUT2D eigenvalue weighted by Gasteiger charge is 2.00. The molecule has 54 valence electrons. The molecule has 10 heavy (non-hydrogen) atoms. The normalized spacial score (nSPS) is 9.80. The van der Waals surface area contributed by atoms with Crippen molar-refractivity contribution in [1.82, 2.24) is 0 Å². The zero-order valence-corrected chi connectivity index (χ0v) is 6.61. The lowest BCUT2D eigenvalue weighted by atomic mass is 10.3. The Bertz CT molecular complexity index is 237. The minimum Gasteiger partial charge on any atom is -0.462 e. The van der Waals surface area contributed by atoms with Crippen LogP contribution in [0.15, 0.2) is 23.1 Å². The van der Waals surface area contributed by atoms with E-state index >= 15 is 0 Å². The van der Waals surface area contributed by atoms with Crippen molar-refractivity contribution in [3.05, 3.63) is 30.2 Å². The minimum atomic E-state index is 0.424. The first-order chi connectivity index (χ1) is 4.74. The van der Waals surface area contributed by atoms with Crippen LogP contribution in [-0.2, 0) is 0 Å². The van der Waals surface area contributed by atoms with Crippen LogP contribution in [0.25, 0.3) is 5.57 Å². The van der Waals surface area contributed by atoms with Gasteiger partial charge in [0.1, 0.15) is 11.5 Å². The van der Waals surface area contributed by atoms with E-state index in [0.29, 0.717) is 5.88 Å². The predicted octanol–water partition coefficient (Wildman–Crippen LogP) is 2.84. The highest BCUT2D eigenvalue weighted by molar-refractivity contribution is 6.22.